The van der Waals surface area contributed by atoms with Crippen LogP contribution in [0.15, 0.2) is 12.3 Å². The van der Waals surface area contributed by atoms with Gasteiger partial charge in [-0.05, 0) is 25.8 Å². The number of hydrogen-bond donors (Lipinski definition) is 1. The van der Waals surface area contributed by atoms with E-state index in [1.807, 2.05) is 6.92 Å². The molecule has 4 heteroatoms. The van der Waals surface area contributed by atoms with E-state index in [1.54, 1.807) is 13.3 Å². The van der Waals surface area contributed by atoms with E-state index < -0.39 is 0 Å². The molecule has 2 rings (SSSR count). The van der Waals surface area contributed by atoms with Gasteiger partial charge in [-0.15, -0.1) is 0 Å². The molecule has 0 atom stereocenters. The monoisotopic (exact) mass is 221 g/mol. The molecule has 0 spiro atoms. The van der Waals surface area contributed by atoms with Gasteiger partial charge in [-0.2, -0.15) is 0 Å². The molecule has 0 unspecified atom stereocenters. The summed E-state index contributed by atoms with van der Waals surface area (Å²) in [6, 6.07) is 2.43. The first-order valence-corrected chi connectivity index (χ1v) is 5.72. The molecule has 1 fully saturated rings. The highest BCUT2D eigenvalue weighted by molar-refractivity contribution is 5.58. The van der Waals surface area contributed by atoms with Crippen LogP contribution in [0, 0.1) is 6.92 Å². The molecule has 1 saturated heterocycles. The lowest BCUT2D eigenvalue weighted by molar-refractivity contribution is 0.408. The second-order valence-corrected chi connectivity index (χ2v) is 4.32. The second kappa shape index (κ2) is 4.70. The lowest BCUT2D eigenvalue weighted by Gasteiger charge is -2.32. The fourth-order valence-corrected chi connectivity index (χ4v) is 2.08. The summed E-state index contributed by atoms with van der Waals surface area (Å²) in [6.45, 7) is 4.00. The maximum atomic E-state index is 5.91. The predicted octanol–water partition coefficient (Wildman–Crippen LogP) is 1.33. The second-order valence-electron chi connectivity index (χ2n) is 4.32. The Morgan fingerprint density at radius 1 is 1.44 bits per heavy atom. The minimum atomic E-state index is 0.352. The van der Waals surface area contributed by atoms with E-state index in [-0.39, 0.29) is 0 Å². The summed E-state index contributed by atoms with van der Waals surface area (Å²) in [4.78, 5) is 6.57. The van der Waals surface area contributed by atoms with Crippen LogP contribution in [0.5, 0.6) is 5.75 Å². The van der Waals surface area contributed by atoms with Crippen molar-refractivity contribution in [2.45, 2.75) is 25.8 Å². The number of piperidine rings is 1. The average Bonchev–Trinajstić information content (AvgIpc) is 2.30. The van der Waals surface area contributed by atoms with Crippen molar-refractivity contribution in [3.05, 3.63) is 18.0 Å². The van der Waals surface area contributed by atoms with Crippen molar-refractivity contribution >= 4 is 5.69 Å². The van der Waals surface area contributed by atoms with Crippen LogP contribution in [-0.4, -0.2) is 31.2 Å². The third-order valence-corrected chi connectivity index (χ3v) is 3.08. The van der Waals surface area contributed by atoms with Gasteiger partial charge in [0, 0.05) is 24.8 Å². The molecule has 0 aromatic carbocycles. The molecule has 1 aliphatic heterocycles. The number of hydrogen-bond acceptors (Lipinski definition) is 4. The van der Waals surface area contributed by atoms with Crippen LogP contribution in [0.3, 0.4) is 0 Å². The molecule has 1 aromatic rings. The van der Waals surface area contributed by atoms with E-state index in [9.17, 15) is 0 Å². The van der Waals surface area contributed by atoms with Crippen molar-refractivity contribution in [2.24, 2.45) is 5.73 Å². The van der Waals surface area contributed by atoms with Crippen LogP contribution in [0.1, 0.15) is 18.5 Å². The van der Waals surface area contributed by atoms with E-state index >= 15 is 0 Å². The maximum Gasteiger partial charge on any atom is 0.160 e. The molecule has 2 N–H and O–H groups in total. The molecular weight excluding hydrogens is 202 g/mol. The van der Waals surface area contributed by atoms with E-state index in [1.165, 1.54) is 0 Å². The van der Waals surface area contributed by atoms with Crippen molar-refractivity contribution in [1.29, 1.82) is 0 Å². The topological polar surface area (TPSA) is 51.4 Å². The highest BCUT2D eigenvalue weighted by Crippen LogP contribution is 2.29. The first-order chi connectivity index (χ1) is 7.70. The van der Waals surface area contributed by atoms with Gasteiger partial charge in [0.15, 0.2) is 5.75 Å². The van der Waals surface area contributed by atoms with Gasteiger partial charge in [-0.3, -0.25) is 4.98 Å². The minimum Gasteiger partial charge on any atom is -0.493 e. The summed E-state index contributed by atoms with van der Waals surface area (Å²) < 4.78 is 5.34. The Balaban J connectivity index is 2.21. The average molecular weight is 221 g/mol. The van der Waals surface area contributed by atoms with Gasteiger partial charge in [0.25, 0.3) is 0 Å². The zero-order chi connectivity index (χ0) is 11.5. The molecular formula is C12H19N3O. The summed E-state index contributed by atoms with van der Waals surface area (Å²) in [5, 5.41) is 0. The molecule has 16 heavy (non-hydrogen) atoms. The number of pyridine rings is 1. The number of aryl methyl sites for hydroxylation is 1. The molecule has 0 aliphatic carbocycles. The number of aromatic nitrogens is 1. The molecule has 2 heterocycles. The SMILES string of the molecule is COc1cnc(C)cc1N1CCC(N)CC1. The molecule has 88 valence electrons. The fraction of sp³-hybridized carbons (Fsp3) is 0.583. The van der Waals surface area contributed by atoms with Crippen molar-refractivity contribution < 1.29 is 4.74 Å². The van der Waals surface area contributed by atoms with E-state index in [4.69, 9.17) is 10.5 Å². The lowest BCUT2D eigenvalue weighted by Crippen LogP contribution is -2.39. The van der Waals surface area contributed by atoms with Crippen molar-refractivity contribution in [3.63, 3.8) is 0 Å². The Labute approximate surface area is 96.4 Å². The first kappa shape index (κ1) is 11.2. The molecule has 0 saturated carbocycles. The third-order valence-electron chi connectivity index (χ3n) is 3.08. The fourth-order valence-electron chi connectivity index (χ4n) is 2.08. The van der Waals surface area contributed by atoms with Gasteiger partial charge in [0.2, 0.25) is 0 Å². The summed E-state index contributed by atoms with van der Waals surface area (Å²) in [7, 11) is 1.69. The highest BCUT2D eigenvalue weighted by Gasteiger charge is 2.19. The van der Waals surface area contributed by atoms with Gasteiger partial charge in [-0.1, -0.05) is 0 Å². The first-order valence-electron chi connectivity index (χ1n) is 5.72. The highest BCUT2D eigenvalue weighted by atomic mass is 16.5. The number of nitrogens with zero attached hydrogens (tertiary/aromatic N) is 2. The van der Waals surface area contributed by atoms with Crippen molar-refractivity contribution in [3.8, 4) is 5.75 Å². The Morgan fingerprint density at radius 2 is 2.12 bits per heavy atom. The predicted molar refractivity (Wildman–Crippen MR) is 64.9 cm³/mol. The smallest absolute Gasteiger partial charge is 0.160 e. The van der Waals surface area contributed by atoms with Crippen LogP contribution in [-0.2, 0) is 0 Å². The Bertz CT molecular complexity index is 359. The number of nitrogens with two attached hydrogens (primary N) is 1. The molecule has 1 aliphatic rings. The van der Waals surface area contributed by atoms with Crippen molar-refractivity contribution in [2.75, 3.05) is 25.1 Å². The maximum absolute atomic E-state index is 5.91. The summed E-state index contributed by atoms with van der Waals surface area (Å²) in [5.74, 6) is 0.848. The molecule has 0 radical (unpaired) electrons. The molecule has 0 bridgehead atoms. The molecule has 1 aromatic heterocycles. The van der Waals surface area contributed by atoms with E-state index in [2.05, 4.69) is 16.0 Å². The van der Waals surface area contributed by atoms with Gasteiger partial charge >= 0.3 is 0 Å². The van der Waals surface area contributed by atoms with E-state index in [0.29, 0.717) is 6.04 Å². The Hall–Kier alpha value is -1.29. The van der Waals surface area contributed by atoms with Gasteiger partial charge < -0.3 is 15.4 Å². The normalized spacial score (nSPS) is 17.6. The largest absolute Gasteiger partial charge is 0.493 e. The number of rotatable bonds is 2. The number of anilines is 1. The van der Waals surface area contributed by atoms with Crippen LogP contribution >= 0.6 is 0 Å². The van der Waals surface area contributed by atoms with Gasteiger partial charge in [0.1, 0.15) is 0 Å². The zero-order valence-electron chi connectivity index (χ0n) is 9.94. The van der Waals surface area contributed by atoms with Crippen molar-refractivity contribution in [1.82, 2.24) is 4.98 Å². The zero-order valence-corrected chi connectivity index (χ0v) is 9.94. The third kappa shape index (κ3) is 2.27. The Morgan fingerprint density at radius 3 is 2.75 bits per heavy atom. The van der Waals surface area contributed by atoms with Crippen LogP contribution < -0.4 is 15.4 Å². The van der Waals surface area contributed by atoms with Gasteiger partial charge in [-0.25, -0.2) is 0 Å². The summed E-state index contributed by atoms with van der Waals surface area (Å²) >= 11 is 0. The standard InChI is InChI=1S/C12H19N3O/c1-9-7-11(12(16-2)8-14-9)15-5-3-10(13)4-6-15/h7-8,10H,3-6,13H2,1-2H3. The Kier molecular flexibility index (Phi) is 3.29. The van der Waals surface area contributed by atoms with E-state index in [0.717, 1.165) is 43.1 Å². The van der Waals surface area contributed by atoms with Crippen LogP contribution in [0.4, 0.5) is 5.69 Å². The lowest BCUT2D eigenvalue weighted by atomic mass is 10.1. The quantitative estimate of drug-likeness (QED) is 0.818. The van der Waals surface area contributed by atoms with Crippen LogP contribution in [0.25, 0.3) is 0 Å². The number of methoxy groups -OCH3 is 1. The molecule has 4 nitrogen and oxygen atoms in total. The number of ether oxygens (including phenoxy) is 1. The van der Waals surface area contributed by atoms with Gasteiger partial charge in [0.05, 0.1) is 19.0 Å². The minimum absolute atomic E-state index is 0.352. The molecule has 0 amide bonds. The summed E-state index contributed by atoms with van der Waals surface area (Å²) in [6.07, 6.45) is 3.88. The van der Waals surface area contributed by atoms with Crippen LogP contribution in [0.2, 0.25) is 0 Å². The summed E-state index contributed by atoms with van der Waals surface area (Å²) in [5.41, 5.74) is 8.07.